The van der Waals surface area contributed by atoms with Gasteiger partial charge in [0, 0.05) is 36.4 Å². The summed E-state index contributed by atoms with van der Waals surface area (Å²) in [7, 11) is 0. The quantitative estimate of drug-likeness (QED) is 0.787. The van der Waals surface area contributed by atoms with Gasteiger partial charge in [0.15, 0.2) is 0 Å². The smallest absolute Gasteiger partial charge is 0.410 e. The molecule has 0 aliphatic carbocycles. The molecule has 156 valence electrons. The minimum Gasteiger partial charge on any atom is -0.444 e. The lowest BCUT2D eigenvalue weighted by atomic mass is 10.0. The number of hydrogen-bond acceptors (Lipinski definition) is 6. The van der Waals surface area contributed by atoms with Crippen LogP contribution >= 0.6 is 11.6 Å². The van der Waals surface area contributed by atoms with E-state index in [0.717, 1.165) is 23.5 Å². The van der Waals surface area contributed by atoms with E-state index in [4.69, 9.17) is 22.1 Å². The lowest BCUT2D eigenvalue weighted by molar-refractivity contribution is 0.0249. The molecule has 2 heterocycles. The van der Waals surface area contributed by atoms with Gasteiger partial charge in [-0.3, -0.25) is 0 Å². The summed E-state index contributed by atoms with van der Waals surface area (Å²) in [5, 5.41) is 0.646. The van der Waals surface area contributed by atoms with Crippen LogP contribution in [0, 0.1) is 6.92 Å². The second-order valence-corrected chi connectivity index (χ2v) is 8.64. The molecule has 1 atom stereocenters. The number of anilines is 2. The number of carbonyl (C=O) groups excluding carboxylic acids is 1. The molecule has 3 rings (SSSR count). The van der Waals surface area contributed by atoms with Gasteiger partial charge in [-0.1, -0.05) is 29.8 Å². The number of amides is 1. The van der Waals surface area contributed by atoms with Crippen LogP contribution in [0.15, 0.2) is 30.3 Å². The lowest BCUT2D eigenvalue weighted by Gasteiger charge is -2.34. The summed E-state index contributed by atoms with van der Waals surface area (Å²) in [5.41, 5.74) is 7.07. The molecule has 0 radical (unpaired) electrons. The summed E-state index contributed by atoms with van der Waals surface area (Å²) in [6.07, 6.45) is 0.443. The fourth-order valence-corrected chi connectivity index (χ4v) is 3.75. The molecule has 0 unspecified atom stereocenters. The van der Waals surface area contributed by atoms with Crippen molar-refractivity contribution >= 4 is 29.5 Å². The second-order valence-electron chi connectivity index (χ2n) is 8.24. The van der Waals surface area contributed by atoms with E-state index >= 15 is 0 Å². The Hall–Kier alpha value is -2.54. The van der Waals surface area contributed by atoms with Crippen molar-refractivity contribution in [1.29, 1.82) is 0 Å². The SMILES string of the molecule is Cc1cc(N2CCCN(C(=O)OC(C)(C)C)C[C@H]2c2ccccc2Cl)nc(N)n1. The lowest BCUT2D eigenvalue weighted by Crippen LogP contribution is -2.41. The second kappa shape index (κ2) is 8.45. The predicted molar refractivity (Wildman–Crippen MR) is 115 cm³/mol. The predicted octanol–water partition coefficient (Wildman–Crippen LogP) is 4.21. The zero-order chi connectivity index (χ0) is 21.2. The first-order valence-corrected chi connectivity index (χ1v) is 10.1. The van der Waals surface area contributed by atoms with Gasteiger partial charge in [-0.05, 0) is 45.7 Å². The van der Waals surface area contributed by atoms with Gasteiger partial charge < -0.3 is 20.3 Å². The van der Waals surface area contributed by atoms with Gasteiger partial charge in [0.25, 0.3) is 0 Å². The fourth-order valence-electron chi connectivity index (χ4n) is 3.49. The maximum absolute atomic E-state index is 12.8. The van der Waals surface area contributed by atoms with Gasteiger partial charge in [-0.2, -0.15) is 4.98 Å². The van der Waals surface area contributed by atoms with Crippen molar-refractivity contribution in [1.82, 2.24) is 14.9 Å². The molecule has 0 saturated carbocycles. The minimum absolute atomic E-state index is 0.188. The molecule has 1 aliphatic rings. The normalized spacial score (nSPS) is 17.8. The van der Waals surface area contributed by atoms with Crippen LogP contribution < -0.4 is 10.6 Å². The molecule has 1 amide bonds. The van der Waals surface area contributed by atoms with Crippen molar-refractivity contribution in [2.45, 2.75) is 45.8 Å². The van der Waals surface area contributed by atoms with E-state index in [1.807, 2.05) is 58.0 Å². The van der Waals surface area contributed by atoms with E-state index in [1.54, 1.807) is 4.90 Å². The average Bonchev–Trinajstić information content (AvgIpc) is 2.83. The summed E-state index contributed by atoms with van der Waals surface area (Å²) in [6.45, 7) is 9.21. The summed E-state index contributed by atoms with van der Waals surface area (Å²) in [4.78, 5) is 25.3. The van der Waals surface area contributed by atoms with E-state index in [2.05, 4.69) is 14.9 Å². The van der Waals surface area contributed by atoms with Crippen molar-refractivity contribution in [3.05, 3.63) is 46.6 Å². The van der Waals surface area contributed by atoms with Gasteiger partial charge >= 0.3 is 6.09 Å². The maximum Gasteiger partial charge on any atom is 0.410 e. The highest BCUT2D eigenvalue weighted by molar-refractivity contribution is 6.31. The molecule has 8 heteroatoms. The van der Waals surface area contributed by atoms with Crippen molar-refractivity contribution < 1.29 is 9.53 Å². The largest absolute Gasteiger partial charge is 0.444 e. The van der Waals surface area contributed by atoms with E-state index in [-0.39, 0.29) is 18.1 Å². The fraction of sp³-hybridized carbons (Fsp3) is 0.476. The average molecular weight is 418 g/mol. The molecule has 2 N–H and O–H groups in total. The van der Waals surface area contributed by atoms with Crippen LogP contribution in [0.25, 0.3) is 0 Å². The number of nitrogens with two attached hydrogens (primary N) is 1. The van der Waals surface area contributed by atoms with Crippen molar-refractivity contribution in [2.24, 2.45) is 0 Å². The molecule has 1 aromatic heterocycles. The Kier molecular flexibility index (Phi) is 6.17. The third kappa shape index (κ3) is 5.29. The monoisotopic (exact) mass is 417 g/mol. The molecule has 1 saturated heterocycles. The molecular formula is C21H28ClN5O2. The first-order valence-electron chi connectivity index (χ1n) is 9.74. The van der Waals surface area contributed by atoms with Crippen LogP contribution in [0.1, 0.15) is 44.5 Å². The van der Waals surface area contributed by atoms with Gasteiger partial charge in [-0.25, -0.2) is 9.78 Å². The topological polar surface area (TPSA) is 84.6 Å². The molecule has 1 aromatic carbocycles. The molecule has 0 bridgehead atoms. The van der Waals surface area contributed by atoms with E-state index < -0.39 is 5.60 Å². The molecule has 1 fully saturated rings. The summed E-state index contributed by atoms with van der Waals surface area (Å²) in [6, 6.07) is 9.40. The Bertz CT molecular complexity index is 863. The first kappa shape index (κ1) is 21.2. The van der Waals surface area contributed by atoms with Crippen LogP contribution in [-0.4, -0.2) is 46.2 Å². The third-order valence-corrected chi connectivity index (χ3v) is 5.01. The number of carbonyl (C=O) groups is 1. The molecule has 1 aliphatic heterocycles. The van der Waals surface area contributed by atoms with Gasteiger partial charge in [0.2, 0.25) is 5.95 Å². The van der Waals surface area contributed by atoms with Gasteiger partial charge in [-0.15, -0.1) is 0 Å². The zero-order valence-corrected chi connectivity index (χ0v) is 18.1. The molecule has 2 aromatic rings. The van der Waals surface area contributed by atoms with Crippen LogP contribution in [-0.2, 0) is 4.74 Å². The number of benzene rings is 1. The highest BCUT2D eigenvalue weighted by Gasteiger charge is 2.32. The van der Waals surface area contributed by atoms with E-state index in [0.29, 0.717) is 24.7 Å². The highest BCUT2D eigenvalue weighted by atomic mass is 35.5. The zero-order valence-electron chi connectivity index (χ0n) is 17.4. The van der Waals surface area contributed by atoms with Crippen LogP contribution in [0.3, 0.4) is 0 Å². The van der Waals surface area contributed by atoms with Gasteiger partial charge in [0.05, 0.1) is 6.04 Å². The third-order valence-electron chi connectivity index (χ3n) is 4.66. The Morgan fingerprint density at radius 3 is 2.62 bits per heavy atom. The summed E-state index contributed by atoms with van der Waals surface area (Å²) < 4.78 is 5.62. The van der Waals surface area contributed by atoms with E-state index in [1.165, 1.54) is 0 Å². The Balaban J connectivity index is 2.00. The Labute approximate surface area is 176 Å². The molecule has 0 spiro atoms. The maximum atomic E-state index is 12.8. The van der Waals surface area contributed by atoms with Crippen molar-refractivity contribution in [3.63, 3.8) is 0 Å². The van der Waals surface area contributed by atoms with E-state index in [9.17, 15) is 4.79 Å². The molecule has 29 heavy (non-hydrogen) atoms. The number of nitrogens with zero attached hydrogens (tertiary/aromatic N) is 4. The number of aromatic nitrogens is 2. The number of nitrogen functional groups attached to an aromatic ring is 1. The highest BCUT2D eigenvalue weighted by Crippen LogP contribution is 2.34. The summed E-state index contributed by atoms with van der Waals surface area (Å²) >= 11 is 6.54. The molecular weight excluding hydrogens is 390 g/mol. The Morgan fingerprint density at radius 2 is 1.97 bits per heavy atom. The number of hydrogen-bond donors (Lipinski definition) is 1. The van der Waals surface area contributed by atoms with Crippen LogP contribution in [0.2, 0.25) is 5.02 Å². The number of halogens is 1. The number of rotatable bonds is 2. The Morgan fingerprint density at radius 1 is 1.24 bits per heavy atom. The number of aryl methyl sites for hydroxylation is 1. The van der Waals surface area contributed by atoms with Crippen LogP contribution in [0.4, 0.5) is 16.6 Å². The number of ether oxygens (including phenoxy) is 1. The van der Waals surface area contributed by atoms with Crippen LogP contribution in [0.5, 0.6) is 0 Å². The van der Waals surface area contributed by atoms with Crippen molar-refractivity contribution in [2.75, 3.05) is 30.3 Å². The summed E-state index contributed by atoms with van der Waals surface area (Å²) in [5.74, 6) is 0.956. The van der Waals surface area contributed by atoms with Crippen molar-refractivity contribution in [3.8, 4) is 0 Å². The molecule has 7 nitrogen and oxygen atoms in total. The van der Waals surface area contributed by atoms with Gasteiger partial charge in [0.1, 0.15) is 11.4 Å². The first-order chi connectivity index (χ1) is 13.6. The standard InChI is InChI=1S/C21H28ClN5O2/c1-14-12-18(25-19(23)24-14)27-11-7-10-26(20(28)29-21(2,3)4)13-17(27)15-8-5-6-9-16(15)22/h5-6,8-9,12,17H,7,10-11,13H2,1-4H3,(H2,23,24,25)/t17-/m0/s1. The minimum atomic E-state index is -0.554.